The molecular formula is C78H99Cl2F3N11O24P. The van der Waals surface area contributed by atoms with Gasteiger partial charge in [-0.15, -0.1) is 23.2 Å². The van der Waals surface area contributed by atoms with Gasteiger partial charge in [0.25, 0.3) is 11.8 Å². The van der Waals surface area contributed by atoms with E-state index in [-0.39, 0.29) is 162 Å². The van der Waals surface area contributed by atoms with Crippen molar-refractivity contribution in [3.8, 4) is 11.5 Å². The van der Waals surface area contributed by atoms with E-state index in [0.717, 1.165) is 32.5 Å². The standard InChI is InChI=1S/C76H98Cl2N11O22P.C2HF3O2/c1-45(2)65(84-58(91)15-20-103-22-24-105-26-28-107-30-31-108-29-27-106-25-23-104-21-19-87-59(92)13-14-60(87)93)55(90)32-49(8-7-16-80-71(79)97)68(94)83-52-11-9-48(10-12-52)41-109-72(98)85(5)17-18-86(6)73(99)110-56-33-53-63(61-46(3)37-81-66(56)61)50(35-77)39-88(53)69(95)74-42-75(44-76(74,75)43-74)70(96)89-40-51(36-78)64-54(89)34-57(111-112(100,101)102)67-62(64)47(4)38-82-67;3-2(4,5)1(6)7/h9-14,33-34,37-38,45,49-51,65,81-82H,7-8,15-32,35-36,39-44H2,1-6H3,(H,83,94)(H,84,91)(H3,79,80,97)(H2,100,101,102);(H,6,7)/t49-,50-,51-,65+,74?,75?,76?;/m1./s1. The molecule has 5 heterocycles. The maximum atomic E-state index is 15.2. The van der Waals surface area contributed by atoms with Crippen LogP contribution in [0.4, 0.5) is 44.6 Å². The van der Waals surface area contributed by atoms with Crippen LogP contribution in [0.5, 0.6) is 11.5 Å². The minimum atomic E-state index is -5.08. The third-order valence-electron chi connectivity index (χ3n) is 22.1. The van der Waals surface area contributed by atoms with Gasteiger partial charge >= 0.3 is 38.2 Å². The Labute approximate surface area is 692 Å². The van der Waals surface area contributed by atoms with Gasteiger partial charge in [-0.2, -0.15) is 13.2 Å². The number of likely N-dealkylation sites (N-methyl/N-ethyl adjacent to an activating group) is 2. The zero-order chi connectivity index (χ0) is 86.5. The molecule has 1 spiro atoms. The van der Waals surface area contributed by atoms with E-state index >= 15 is 4.79 Å². The SMILES string of the molecule is Cc1c[nH]c2c(OC(=O)N(C)CCN(C)C(=O)OCc3ccc(NC(=O)[C@H](CCCNC(N)=O)CC(=O)[C@@H](NC(=O)CCOCCOCCOCCOCCOCCOCCN4C(=O)C=CC4=O)C(C)C)cc3)cc3c(c12)[C@H](CCl)CN3C(=O)C12CC3(C(=O)N4C[C@@H](CCl)c5c4cc(OP(=O)(O)O)c4[nH]cc(C)c54)CC13C2.O=C(O)C(F)(F)F. The van der Waals surface area contributed by atoms with Crippen LogP contribution in [0.15, 0.2) is 60.9 Å². The Kier molecular flexibility index (Phi) is 30.7. The monoisotopic (exact) mass is 1730 g/mol. The number of nitrogens with one attached hydrogen (secondary N) is 5. The van der Waals surface area contributed by atoms with Crippen molar-refractivity contribution in [2.75, 3.05) is 160 Å². The van der Waals surface area contributed by atoms with Crippen molar-refractivity contribution in [2.45, 2.75) is 103 Å². The zero-order valence-corrected chi connectivity index (χ0v) is 68.9. The molecule has 3 unspecified atom stereocenters. The molecule has 7 atom stereocenters. The van der Waals surface area contributed by atoms with Gasteiger partial charge in [-0.25, -0.2) is 23.7 Å². The first-order valence-corrected chi connectivity index (χ1v) is 41.3. The van der Waals surface area contributed by atoms with Crippen molar-refractivity contribution in [2.24, 2.45) is 33.8 Å². The number of urea groups is 1. The third-order valence-corrected chi connectivity index (χ3v) is 23.2. The molecule has 11 rings (SSSR count). The number of aromatic amines is 2. The fraction of sp³-hybridized carbons (Fsp3) is 0.551. The fourth-order valence-corrected chi connectivity index (χ4v) is 16.9. The highest BCUT2D eigenvalue weighted by Gasteiger charge is 3.01. The number of benzene rings is 3. The number of nitrogens with zero attached hydrogens (tertiary/aromatic N) is 5. The van der Waals surface area contributed by atoms with Crippen molar-refractivity contribution in [3.63, 3.8) is 0 Å². The molecule has 10 N–H and O–H groups in total. The van der Waals surface area contributed by atoms with Crippen LogP contribution in [-0.4, -0.2) is 262 Å². The minimum absolute atomic E-state index is 0.0272. The van der Waals surface area contributed by atoms with Crippen LogP contribution in [0.1, 0.15) is 98.4 Å². The largest absolute Gasteiger partial charge is 0.524 e. The number of carbonyl (C=O) groups is 11. The average Bonchev–Trinajstić information content (AvgIpc) is 1.39. The van der Waals surface area contributed by atoms with Crippen molar-refractivity contribution in [1.82, 2.24) is 35.3 Å². The minimum Gasteiger partial charge on any atom is -0.475 e. The first kappa shape index (κ1) is 91.8. The quantitative estimate of drug-likeness (QED) is 0.00777. The molecule has 650 valence electrons. The number of aryl methyl sites for hydroxylation is 2. The van der Waals surface area contributed by atoms with Gasteiger partial charge in [0.1, 0.15) is 6.61 Å². The van der Waals surface area contributed by atoms with Crippen LogP contribution in [-0.2, 0) is 82.7 Å². The number of H-pyrrole nitrogens is 2. The lowest BCUT2D eigenvalue weighted by atomic mass is 9.72. The number of aromatic nitrogens is 2. The van der Waals surface area contributed by atoms with Gasteiger partial charge < -0.3 is 98.8 Å². The summed E-state index contributed by atoms with van der Waals surface area (Å²) < 4.78 is 93.8. The van der Waals surface area contributed by atoms with Gasteiger partial charge in [-0.1, -0.05) is 26.0 Å². The van der Waals surface area contributed by atoms with Crippen LogP contribution in [0, 0.1) is 41.9 Å². The van der Waals surface area contributed by atoms with Gasteiger partial charge in [-0.05, 0) is 91.8 Å². The Morgan fingerprint density at radius 2 is 1.17 bits per heavy atom. The van der Waals surface area contributed by atoms with Crippen LogP contribution >= 0.6 is 31.0 Å². The Bertz CT molecular complexity index is 4660. The zero-order valence-electron chi connectivity index (χ0n) is 66.5. The number of primary amides is 1. The van der Waals surface area contributed by atoms with Crippen LogP contribution in [0.25, 0.3) is 21.8 Å². The Morgan fingerprint density at radius 3 is 1.63 bits per heavy atom. The number of aliphatic carboxylic acids is 1. The summed E-state index contributed by atoms with van der Waals surface area (Å²) in [7, 11) is -1.97. The van der Waals surface area contributed by atoms with E-state index in [4.69, 9.17) is 81.3 Å². The first-order chi connectivity index (χ1) is 56.5. The van der Waals surface area contributed by atoms with Crippen molar-refractivity contribution >= 4 is 135 Å². The third kappa shape index (κ3) is 21.6. The van der Waals surface area contributed by atoms with Crippen LogP contribution < -0.4 is 40.7 Å². The number of carboxylic acids is 1. The lowest BCUT2D eigenvalue weighted by Gasteiger charge is -2.37. The summed E-state index contributed by atoms with van der Waals surface area (Å²) in [6.45, 7) is 11.6. The molecular weight excluding hydrogens is 1630 g/mol. The van der Waals surface area contributed by atoms with Gasteiger partial charge in [0.2, 0.25) is 23.6 Å². The van der Waals surface area contributed by atoms with E-state index < -0.39 is 78.2 Å². The maximum absolute atomic E-state index is 15.2. The highest BCUT2D eigenvalue weighted by atomic mass is 35.5. The van der Waals surface area contributed by atoms with E-state index in [0.29, 0.717) is 118 Å². The second-order valence-corrected chi connectivity index (χ2v) is 32.2. The second kappa shape index (κ2) is 39.8. The number of ketones is 1. The number of fused-ring (bicyclic) bond motifs is 6. The first-order valence-electron chi connectivity index (χ1n) is 38.7. The van der Waals surface area contributed by atoms with Crippen LogP contribution in [0.2, 0.25) is 0 Å². The molecule has 35 nitrogen and oxygen atoms in total. The van der Waals surface area contributed by atoms with Crippen molar-refractivity contribution in [1.29, 1.82) is 0 Å². The number of halogens is 5. The smallest absolute Gasteiger partial charge is 0.475 e. The van der Waals surface area contributed by atoms with E-state index in [1.807, 2.05) is 13.8 Å². The number of imide groups is 1. The predicted molar refractivity (Wildman–Crippen MR) is 424 cm³/mol. The number of hydrogen-bond acceptors (Lipinski definition) is 21. The van der Waals surface area contributed by atoms with E-state index in [9.17, 15) is 70.7 Å². The molecule has 3 fully saturated rings. The molecule has 41 heteroatoms. The van der Waals surface area contributed by atoms with E-state index in [2.05, 4.69) is 25.9 Å². The normalized spacial score (nSPS) is 19.7. The summed E-state index contributed by atoms with van der Waals surface area (Å²) in [5, 5.41) is 16.7. The predicted octanol–water partition coefficient (Wildman–Crippen LogP) is 7.80. The van der Waals surface area contributed by atoms with E-state index in [1.54, 1.807) is 66.4 Å². The number of hydrogen-bond donors (Lipinski definition) is 9. The molecule has 3 aromatic carbocycles. The van der Waals surface area contributed by atoms with Gasteiger partial charge in [0.15, 0.2) is 17.3 Å². The molecule has 3 aliphatic heterocycles. The molecule has 6 aliphatic rings. The van der Waals surface area contributed by atoms with Crippen molar-refractivity contribution in [3.05, 3.63) is 88.8 Å². The Balaban J connectivity index is 0.00000203. The fourth-order valence-electron chi connectivity index (χ4n) is 16.0. The molecule has 0 radical (unpaired) electrons. The summed E-state index contributed by atoms with van der Waals surface area (Å²) in [6, 6.07) is 8.06. The number of carboxylic acid groups (broad SMARTS) is 1. The summed E-state index contributed by atoms with van der Waals surface area (Å²) in [4.78, 5) is 175. The molecule has 119 heavy (non-hydrogen) atoms. The van der Waals surface area contributed by atoms with Gasteiger partial charge in [0, 0.05) is 148 Å². The van der Waals surface area contributed by atoms with Gasteiger partial charge in [-0.3, -0.25) is 48.2 Å². The highest BCUT2D eigenvalue weighted by molar-refractivity contribution is 7.46. The number of phosphoric ester groups is 1. The number of phosphoric acid groups is 1. The molecule has 0 saturated heterocycles. The number of nitrogens with two attached hydrogens (primary N) is 1. The summed E-state index contributed by atoms with van der Waals surface area (Å²) in [5.74, 6) is -6.32. The molecule has 0 bridgehead atoms. The number of alkyl halides is 5. The summed E-state index contributed by atoms with van der Waals surface area (Å²) >= 11 is 13.3. The Hall–Kier alpha value is -9.47. The number of amides is 10. The van der Waals surface area contributed by atoms with Gasteiger partial charge in [0.05, 0.1) is 125 Å². The second-order valence-electron chi connectivity index (χ2n) is 30.4. The molecule has 10 amide bonds. The lowest BCUT2D eigenvalue weighted by molar-refractivity contribution is -0.192. The number of anilines is 3. The summed E-state index contributed by atoms with van der Waals surface area (Å²) in [6.07, 6.45) is 0.997. The van der Waals surface area contributed by atoms with E-state index in [1.165, 1.54) is 42.1 Å². The molecule has 3 aliphatic carbocycles. The average molecular weight is 1730 g/mol. The maximum Gasteiger partial charge on any atom is 0.524 e. The molecule has 5 aromatic rings. The number of carbonyl (C=O) groups excluding carboxylic acids is 10. The number of Topliss-reactive ketones (excluding diaryl/α,β-unsaturated/α-hetero) is 1. The molecule has 2 aromatic heterocycles. The number of rotatable bonds is 44. The topological polar surface area (TPSA) is 458 Å². The lowest BCUT2D eigenvalue weighted by Crippen LogP contribution is -2.49. The number of ether oxygens (including phenoxy) is 8. The van der Waals surface area contributed by atoms with Crippen molar-refractivity contribution < 1.29 is 128 Å². The molecule has 3 saturated carbocycles. The summed E-state index contributed by atoms with van der Waals surface area (Å²) in [5.41, 5.74) is 9.21. The highest BCUT2D eigenvalue weighted by Crippen LogP contribution is 3.01. The van der Waals surface area contributed by atoms with Crippen LogP contribution in [0.3, 0.4) is 0 Å². The Morgan fingerprint density at radius 1 is 0.697 bits per heavy atom.